The van der Waals surface area contributed by atoms with Crippen LogP contribution < -0.4 is 40.7 Å². The molecule has 1 aliphatic carbocycles. The van der Waals surface area contributed by atoms with Crippen LogP contribution in [0.5, 0.6) is 0 Å². The number of hydrogen-bond acceptors (Lipinski definition) is 6. The molecule has 5 aromatic rings. The van der Waals surface area contributed by atoms with E-state index in [1.54, 1.807) is 0 Å². The maximum Gasteiger partial charge on any atom is 0.197 e. The highest BCUT2D eigenvalue weighted by molar-refractivity contribution is 5.80. The van der Waals surface area contributed by atoms with Crippen LogP contribution in [0.1, 0.15) is 82.5 Å². The highest BCUT2D eigenvalue weighted by atomic mass is 15.3. The minimum absolute atomic E-state index is 0.160. The van der Waals surface area contributed by atoms with Gasteiger partial charge in [0.15, 0.2) is 30.3 Å². The minimum atomic E-state index is 0.160. The van der Waals surface area contributed by atoms with Crippen LogP contribution in [0.4, 0.5) is 0 Å². The first kappa shape index (κ1) is 33.4. The first-order valence-corrected chi connectivity index (χ1v) is 18.3. The molecule has 1 aromatic carbocycles. The number of fused-ring (bicyclic) bond motifs is 4. The zero-order valence-electron chi connectivity index (χ0n) is 30.4. The summed E-state index contributed by atoms with van der Waals surface area (Å²) in [5.74, 6) is 0.208. The summed E-state index contributed by atoms with van der Waals surface area (Å²) in [4.78, 5) is 14.7. The summed E-state index contributed by atoms with van der Waals surface area (Å²) in [5.41, 5.74) is 8.51. The van der Waals surface area contributed by atoms with Gasteiger partial charge in [-0.3, -0.25) is 15.0 Å². The fourth-order valence-corrected chi connectivity index (χ4v) is 7.71. The fourth-order valence-electron chi connectivity index (χ4n) is 7.71. The van der Waals surface area contributed by atoms with Crippen molar-refractivity contribution < 1.29 is 9.25 Å². The molecule has 4 aromatic heterocycles. The van der Waals surface area contributed by atoms with E-state index in [1.165, 1.54) is 43.6 Å². The Kier molecular flexibility index (Phi) is 9.29. The van der Waals surface area contributed by atoms with Crippen LogP contribution in [-0.2, 0) is 0 Å². The second kappa shape index (κ2) is 14.5. The van der Waals surface area contributed by atoms with Crippen molar-refractivity contribution in [2.24, 2.45) is 9.98 Å². The van der Waals surface area contributed by atoms with Crippen LogP contribution in [0.2, 0.25) is 0 Å². The molecule has 8 nitrogen and oxygen atoms in total. The number of aliphatic imine (C=N–C) groups is 1. The SMILES string of the molecule is C\C1=c2/c[n+](\C3=C/C=c4/cnnc/c4=C(\C)CC3)cc/c2=N/C=C\CC(c2cc3/c(cn2)=C\N=C/CC([n+]2ccc4cccc(C)c4n2)C\C=3C)C1. The van der Waals surface area contributed by atoms with Crippen molar-refractivity contribution in [3.05, 3.63) is 135 Å². The summed E-state index contributed by atoms with van der Waals surface area (Å²) in [6, 6.07) is 13.1. The number of hydrogen-bond donors (Lipinski definition) is 0. The van der Waals surface area contributed by atoms with Crippen molar-refractivity contribution in [1.29, 1.82) is 0 Å². The number of aromatic nitrogens is 6. The van der Waals surface area contributed by atoms with Crippen molar-refractivity contribution >= 4 is 51.8 Å². The number of nitrogens with zero attached hydrogens (tertiary/aromatic N) is 8. The number of benzene rings is 1. The monoisotopic (exact) mass is 684 g/mol. The maximum atomic E-state index is 5.08. The third-order valence-corrected chi connectivity index (χ3v) is 10.8. The van der Waals surface area contributed by atoms with Crippen molar-refractivity contribution in [2.75, 3.05) is 0 Å². The molecule has 8 rings (SSSR count). The highest BCUT2D eigenvalue weighted by Gasteiger charge is 2.23. The van der Waals surface area contributed by atoms with E-state index in [0.29, 0.717) is 0 Å². The third kappa shape index (κ3) is 6.81. The lowest BCUT2D eigenvalue weighted by molar-refractivity contribution is -0.773. The van der Waals surface area contributed by atoms with Gasteiger partial charge in [-0.2, -0.15) is 14.8 Å². The van der Waals surface area contributed by atoms with E-state index >= 15 is 0 Å². The Morgan fingerprint density at radius 3 is 2.58 bits per heavy atom. The predicted octanol–water partition coefficient (Wildman–Crippen LogP) is 3.49. The van der Waals surface area contributed by atoms with Gasteiger partial charge in [0.25, 0.3) is 0 Å². The van der Waals surface area contributed by atoms with Gasteiger partial charge < -0.3 is 0 Å². The van der Waals surface area contributed by atoms with Crippen molar-refractivity contribution in [3.8, 4) is 0 Å². The highest BCUT2D eigenvalue weighted by Crippen LogP contribution is 2.26. The molecule has 0 spiro atoms. The van der Waals surface area contributed by atoms with Crippen LogP contribution in [0.3, 0.4) is 0 Å². The lowest BCUT2D eigenvalue weighted by Gasteiger charge is -2.16. The van der Waals surface area contributed by atoms with E-state index in [4.69, 9.17) is 20.1 Å². The maximum absolute atomic E-state index is 5.08. The molecule has 0 radical (unpaired) electrons. The zero-order valence-corrected chi connectivity index (χ0v) is 30.4. The molecule has 52 heavy (non-hydrogen) atoms. The third-order valence-electron chi connectivity index (χ3n) is 10.8. The van der Waals surface area contributed by atoms with Gasteiger partial charge in [0.2, 0.25) is 0 Å². The molecule has 258 valence electrons. The average Bonchev–Trinajstić information content (AvgIpc) is 3.29. The van der Waals surface area contributed by atoms with Crippen LogP contribution >= 0.6 is 0 Å². The summed E-state index contributed by atoms with van der Waals surface area (Å²) in [7, 11) is 0. The Balaban J connectivity index is 1.14. The van der Waals surface area contributed by atoms with Crippen LogP contribution in [0.25, 0.3) is 45.6 Å². The van der Waals surface area contributed by atoms with Crippen LogP contribution in [0.15, 0.2) is 102 Å². The predicted molar refractivity (Wildman–Crippen MR) is 206 cm³/mol. The Morgan fingerprint density at radius 2 is 1.65 bits per heavy atom. The molecule has 2 unspecified atom stereocenters. The van der Waals surface area contributed by atoms with Crippen LogP contribution in [0, 0.1) is 6.92 Å². The van der Waals surface area contributed by atoms with Crippen molar-refractivity contribution in [1.82, 2.24) is 20.3 Å². The Morgan fingerprint density at radius 1 is 0.769 bits per heavy atom. The number of pyridine rings is 2. The Bertz CT molecular complexity index is 2710. The summed E-state index contributed by atoms with van der Waals surface area (Å²) in [6.07, 6.45) is 30.1. The van der Waals surface area contributed by atoms with Gasteiger partial charge >= 0.3 is 0 Å². The molecule has 0 bridgehead atoms. The molecule has 0 N–H and O–H groups in total. The largest absolute Gasteiger partial charge is 0.268 e. The van der Waals surface area contributed by atoms with E-state index in [9.17, 15) is 0 Å². The molecule has 2 aliphatic heterocycles. The van der Waals surface area contributed by atoms with Gasteiger partial charge in [0, 0.05) is 100 Å². The topological polar surface area (TPSA) is 84.0 Å². The smallest absolute Gasteiger partial charge is 0.197 e. The first-order valence-electron chi connectivity index (χ1n) is 18.3. The minimum Gasteiger partial charge on any atom is -0.268 e. The molecular weight excluding hydrogens is 641 g/mol. The zero-order chi connectivity index (χ0) is 35.6. The van der Waals surface area contributed by atoms with Gasteiger partial charge in [-0.05, 0) is 69.9 Å². The van der Waals surface area contributed by atoms with E-state index < -0.39 is 0 Å². The number of allylic oxidation sites excluding steroid dienone is 3. The Labute approximate surface area is 303 Å². The van der Waals surface area contributed by atoms with E-state index in [-0.39, 0.29) is 12.0 Å². The van der Waals surface area contributed by atoms with Gasteiger partial charge in [-0.1, -0.05) is 45.7 Å². The van der Waals surface area contributed by atoms with Gasteiger partial charge in [-0.15, -0.1) is 0 Å². The summed E-state index contributed by atoms with van der Waals surface area (Å²) in [6.45, 7) is 8.82. The molecule has 0 amide bonds. The molecule has 3 aliphatic rings. The molecule has 2 atom stereocenters. The van der Waals surface area contributed by atoms with E-state index in [2.05, 4.69) is 120 Å². The second-order valence-corrected chi connectivity index (χ2v) is 14.4. The molecule has 0 saturated heterocycles. The summed E-state index contributed by atoms with van der Waals surface area (Å²) >= 11 is 0. The van der Waals surface area contributed by atoms with Gasteiger partial charge in [-0.25, -0.2) is 0 Å². The molecule has 6 heterocycles. The van der Waals surface area contributed by atoms with Gasteiger partial charge in [0.05, 0.1) is 23.0 Å². The Hall–Kier alpha value is -5.76. The summed E-state index contributed by atoms with van der Waals surface area (Å²) < 4.78 is 4.39. The van der Waals surface area contributed by atoms with Crippen LogP contribution in [-0.4, -0.2) is 26.5 Å². The molecule has 8 heteroatoms. The second-order valence-electron chi connectivity index (χ2n) is 14.4. The van der Waals surface area contributed by atoms with E-state index in [0.717, 1.165) is 70.9 Å². The quantitative estimate of drug-likeness (QED) is 0.273. The fraction of sp³-hybridized carbons (Fsp3) is 0.273. The lowest BCUT2D eigenvalue weighted by atomic mass is 9.91. The average molecular weight is 685 g/mol. The molecule has 0 fully saturated rings. The molecule has 0 saturated carbocycles. The van der Waals surface area contributed by atoms with Gasteiger partial charge in [0.1, 0.15) is 5.52 Å². The van der Waals surface area contributed by atoms with E-state index in [1.807, 2.05) is 37.2 Å². The number of rotatable bonds is 3. The standard InChI is InChI=1S/C44H44N8/c1-29-10-12-37(13-11-35-26-48-49-27-40(29)35)51-19-16-42-41(28-51)31(3)21-34(9-6-17-46-42)43-23-39-32(4)22-38(14-18-45-24-36(39)25-47-43)52-20-15-33-8-5-7-30(2)44(33)50-52/h5-8,11,13,15-20,23-28,34,38H,9-10,12,14,21-22H2,1-4H3/q+2/b17-6-,35-11-,36-24-,37-13-,39-32-,40-29-,41-31-,45-18-,46-42-. The first-order chi connectivity index (χ1) is 25.4. The normalized spacial score (nSPS) is 26.3. The lowest BCUT2D eigenvalue weighted by Crippen LogP contribution is -2.43. The summed E-state index contributed by atoms with van der Waals surface area (Å²) in [5, 5.41) is 21.2. The van der Waals surface area contributed by atoms with Crippen molar-refractivity contribution in [2.45, 2.75) is 78.2 Å². The van der Waals surface area contributed by atoms with Crippen molar-refractivity contribution in [3.63, 3.8) is 0 Å². The number of aryl methyl sites for hydroxylation is 1. The molecular formula is C44H44N8+2.